The fourth-order valence-corrected chi connectivity index (χ4v) is 3.45. The van der Waals surface area contributed by atoms with E-state index in [9.17, 15) is 10.4 Å². The van der Waals surface area contributed by atoms with Crippen molar-refractivity contribution in [2.45, 2.75) is 64.4 Å². The lowest BCUT2D eigenvalue weighted by atomic mass is 9.57. The zero-order valence-corrected chi connectivity index (χ0v) is 11.7. The Morgan fingerprint density at radius 3 is 2.28 bits per heavy atom. The third-order valence-corrected chi connectivity index (χ3v) is 5.10. The van der Waals surface area contributed by atoms with Crippen LogP contribution in [0, 0.1) is 22.2 Å². The van der Waals surface area contributed by atoms with Crippen LogP contribution in [0.1, 0.15) is 58.8 Å². The third kappa shape index (κ3) is 2.41. The molecule has 0 spiro atoms. The zero-order valence-electron chi connectivity index (χ0n) is 11.7. The van der Waals surface area contributed by atoms with Gasteiger partial charge < -0.3 is 9.84 Å². The lowest BCUT2D eigenvalue weighted by Gasteiger charge is -2.48. The van der Waals surface area contributed by atoms with Gasteiger partial charge in [0.25, 0.3) is 0 Å². The van der Waals surface area contributed by atoms with Gasteiger partial charge in [0.1, 0.15) is 0 Å². The van der Waals surface area contributed by atoms with E-state index in [0.29, 0.717) is 24.9 Å². The SMILES string of the molecule is CC1(C)CCC(C#N)(C2(O)CCCOCC2)CC1. The number of aliphatic hydroxyl groups is 1. The van der Waals surface area contributed by atoms with Gasteiger partial charge in [-0.2, -0.15) is 5.26 Å². The Bertz CT molecular complexity index is 325. The zero-order chi connectivity index (χ0) is 13.3. The predicted octanol–water partition coefficient (Wildman–Crippen LogP) is 3.03. The number of hydrogen-bond donors (Lipinski definition) is 1. The van der Waals surface area contributed by atoms with Crippen molar-refractivity contribution in [2.24, 2.45) is 10.8 Å². The number of hydrogen-bond acceptors (Lipinski definition) is 3. The molecule has 102 valence electrons. The van der Waals surface area contributed by atoms with Crippen LogP contribution in [0.25, 0.3) is 0 Å². The Labute approximate surface area is 110 Å². The first kappa shape index (κ1) is 13.8. The number of rotatable bonds is 1. The first-order valence-corrected chi connectivity index (χ1v) is 7.15. The molecule has 0 aromatic heterocycles. The first-order chi connectivity index (χ1) is 8.43. The normalized spacial score (nSPS) is 35.4. The van der Waals surface area contributed by atoms with Crippen molar-refractivity contribution in [3.05, 3.63) is 0 Å². The Hall–Kier alpha value is -0.590. The summed E-state index contributed by atoms with van der Waals surface area (Å²) >= 11 is 0. The van der Waals surface area contributed by atoms with Crippen molar-refractivity contribution >= 4 is 0 Å². The molecule has 2 fully saturated rings. The average molecular weight is 251 g/mol. The van der Waals surface area contributed by atoms with Gasteiger partial charge >= 0.3 is 0 Å². The minimum Gasteiger partial charge on any atom is -0.388 e. The molecule has 1 N–H and O–H groups in total. The van der Waals surface area contributed by atoms with Crippen molar-refractivity contribution in [3.8, 4) is 6.07 Å². The monoisotopic (exact) mass is 251 g/mol. The summed E-state index contributed by atoms with van der Waals surface area (Å²) < 4.78 is 5.44. The van der Waals surface area contributed by atoms with Gasteiger partial charge in [-0.15, -0.1) is 0 Å². The molecule has 1 aliphatic heterocycles. The summed E-state index contributed by atoms with van der Waals surface area (Å²) in [5, 5.41) is 20.7. The van der Waals surface area contributed by atoms with Crippen molar-refractivity contribution in [1.29, 1.82) is 5.26 Å². The van der Waals surface area contributed by atoms with Crippen molar-refractivity contribution in [1.82, 2.24) is 0 Å². The molecule has 0 aromatic carbocycles. The van der Waals surface area contributed by atoms with Gasteiger partial charge in [0, 0.05) is 19.6 Å². The quantitative estimate of drug-likeness (QED) is 0.779. The standard InChI is InChI=1S/C15H25NO2/c1-13(2)5-7-14(12-16,8-6-13)15(17)4-3-10-18-11-9-15/h17H,3-11H2,1-2H3. The molecular formula is C15H25NO2. The molecule has 2 aliphatic rings. The molecule has 0 amide bonds. The van der Waals surface area contributed by atoms with E-state index >= 15 is 0 Å². The van der Waals surface area contributed by atoms with Gasteiger partial charge in [0.15, 0.2) is 0 Å². The molecule has 1 aliphatic carbocycles. The summed E-state index contributed by atoms with van der Waals surface area (Å²) in [7, 11) is 0. The van der Waals surface area contributed by atoms with Gasteiger partial charge in [0.2, 0.25) is 0 Å². The van der Waals surface area contributed by atoms with Crippen LogP contribution >= 0.6 is 0 Å². The molecule has 0 radical (unpaired) electrons. The van der Waals surface area contributed by atoms with Gasteiger partial charge in [-0.05, 0) is 43.9 Å². The Balaban J connectivity index is 2.19. The van der Waals surface area contributed by atoms with E-state index in [1.807, 2.05) is 0 Å². The molecule has 1 saturated carbocycles. The molecule has 0 aromatic rings. The van der Waals surface area contributed by atoms with Crippen LogP contribution in [-0.2, 0) is 4.74 Å². The maximum Gasteiger partial charge on any atom is 0.0861 e. The van der Waals surface area contributed by atoms with Crippen LogP contribution in [0.4, 0.5) is 0 Å². The molecule has 18 heavy (non-hydrogen) atoms. The third-order valence-electron chi connectivity index (χ3n) is 5.10. The molecule has 3 nitrogen and oxygen atoms in total. The van der Waals surface area contributed by atoms with Crippen molar-refractivity contribution < 1.29 is 9.84 Å². The summed E-state index contributed by atoms with van der Waals surface area (Å²) in [5.41, 5.74) is -1.07. The number of nitriles is 1. The van der Waals surface area contributed by atoms with Crippen LogP contribution in [0.3, 0.4) is 0 Å². The van der Waals surface area contributed by atoms with Gasteiger partial charge in [-0.3, -0.25) is 0 Å². The fraction of sp³-hybridized carbons (Fsp3) is 0.933. The topological polar surface area (TPSA) is 53.2 Å². The molecular weight excluding hydrogens is 226 g/mol. The maximum absolute atomic E-state index is 11.0. The summed E-state index contributed by atoms with van der Waals surface area (Å²) in [5.74, 6) is 0. The molecule has 2 rings (SSSR count). The molecule has 3 heteroatoms. The average Bonchev–Trinajstić information content (AvgIpc) is 2.56. The second kappa shape index (κ2) is 4.83. The number of ether oxygens (including phenoxy) is 1. The van der Waals surface area contributed by atoms with Crippen LogP contribution < -0.4 is 0 Å². The van der Waals surface area contributed by atoms with Crippen LogP contribution in [0.15, 0.2) is 0 Å². The Morgan fingerprint density at radius 2 is 1.67 bits per heavy atom. The van der Waals surface area contributed by atoms with E-state index in [2.05, 4.69) is 19.9 Å². The molecule has 1 unspecified atom stereocenters. The highest BCUT2D eigenvalue weighted by Gasteiger charge is 2.53. The van der Waals surface area contributed by atoms with E-state index in [-0.39, 0.29) is 0 Å². The maximum atomic E-state index is 11.0. The van der Waals surface area contributed by atoms with Crippen LogP contribution in [0.5, 0.6) is 0 Å². The van der Waals surface area contributed by atoms with Crippen molar-refractivity contribution in [3.63, 3.8) is 0 Å². The van der Waals surface area contributed by atoms with Crippen LogP contribution in [0.2, 0.25) is 0 Å². The summed E-state index contributed by atoms with van der Waals surface area (Å²) in [4.78, 5) is 0. The van der Waals surface area contributed by atoms with E-state index in [1.165, 1.54) is 0 Å². The highest BCUT2D eigenvalue weighted by Crippen LogP contribution is 2.53. The molecule has 1 heterocycles. The van der Waals surface area contributed by atoms with Gasteiger partial charge in [0.05, 0.1) is 17.1 Å². The Morgan fingerprint density at radius 1 is 1.00 bits per heavy atom. The van der Waals surface area contributed by atoms with Crippen LogP contribution in [-0.4, -0.2) is 23.9 Å². The predicted molar refractivity (Wildman–Crippen MR) is 69.9 cm³/mol. The largest absolute Gasteiger partial charge is 0.388 e. The van der Waals surface area contributed by atoms with Gasteiger partial charge in [-0.1, -0.05) is 13.8 Å². The first-order valence-electron chi connectivity index (χ1n) is 7.15. The second-order valence-electron chi connectivity index (χ2n) is 6.86. The van der Waals surface area contributed by atoms with Crippen molar-refractivity contribution in [2.75, 3.05) is 13.2 Å². The Kier molecular flexibility index (Phi) is 3.71. The lowest BCUT2D eigenvalue weighted by molar-refractivity contribution is -0.0963. The summed E-state index contributed by atoms with van der Waals surface area (Å²) in [6.07, 6.45) is 5.90. The van der Waals surface area contributed by atoms with E-state index < -0.39 is 11.0 Å². The summed E-state index contributed by atoms with van der Waals surface area (Å²) in [6.45, 7) is 5.82. The molecule has 0 bridgehead atoms. The van der Waals surface area contributed by atoms with E-state index in [4.69, 9.17) is 4.74 Å². The lowest BCUT2D eigenvalue weighted by Crippen LogP contribution is -2.50. The molecule has 1 saturated heterocycles. The fourth-order valence-electron chi connectivity index (χ4n) is 3.45. The smallest absolute Gasteiger partial charge is 0.0861 e. The molecule has 1 atom stereocenters. The number of nitrogens with zero attached hydrogens (tertiary/aromatic N) is 1. The van der Waals surface area contributed by atoms with E-state index in [0.717, 1.165) is 38.7 Å². The van der Waals surface area contributed by atoms with E-state index in [1.54, 1.807) is 0 Å². The highest BCUT2D eigenvalue weighted by molar-refractivity contribution is 5.14. The van der Waals surface area contributed by atoms with Gasteiger partial charge in [-0.25, -0.2) is 0 Å². The summed E-state index contributed by atoms with van der Waals surface area (Å²) in [6, 6.07) is 2.49. The minimum atomic E-state index is -0.839. The minimum absolute atomic E-state index is 0.317. The second-order valence-corrected chi connectivity index (χ2v) is 6.86. The highest BCUT2D eigenvalue weighted by atomic mass is 16.5.